The lowest BCUT2D eigenvalue weighted by Crippen LogP contribution is -2.02. The molecule has 0 saturated carbocycles. The minimum atomic E-state index is 0.657. The maximum Gasteiger partial charge on any atom is 0.142 e. The molecule has 0 aliphatic heterocycles. The second kappa shape index (κ2) is 7.76. The zero-order valence-electron chi connectivity index (χ0n) is 14.8. The van der Waals surface area contributed by atoms with E-state index in [0.29, 0.717) is 6.42 Å². The molecule has 0 bridgehead atoms. The number of hydrogen-bond acceptors (Lipinski definition) is 4. The molecule has 1 aromatic heterocycles. The fourth-order valence-electron chi connectivity index (χ4n) is 2.89. The van der Waals surface area contributed by atoms with E-state index in [2.05, 4.69) is 21.2 Å². The van der Waals surface area contributed by atoms with Crippen LogP contribution in [-0.2, 0) is 6.42 Å². The predicted molar refractivity (Wildman–Crippen MR) is 113 cm³/mol. The van der Waals surface area contributed by atoms with Crippen molar-refractivity contribution in [2.24, 2.45) is 0 Å². The second-order valence-corrected chi connectivity index (χ2v) is 7.08. The summed E-state index contributed by atoms with van der Waals surface area (Å²) in [5, 5.41) is 4.43. The van der Waals surface area contributed by atoms with E-state index in [-0.39, 0.29) is 0 Å². The Morgan fingerprint density at radius 1 is 0.889 bits per heavy atom. The highest BCUT2D eigenvalue weighted by Gasteiger charge is 2.09. The van der Waals surface area contributed by atoms with Crippen LogP contribution >= 0.6 is 15.9 Å². The molecule has 1 N–H and O–H groups in total. The summed E-state index contributed by atoms with van der Waals surface area (Å²) in [4.78, 5) is 9.53. The van der Waals surface area contributed by atoms with Gasteiger partial charge in [0, 0.05) is 22.0 Å². The van der Waals surface area contributed by atoms with Gasteiger partial charge < -0.3 is 10.1 Å². The van der Waals surface area contributed by atoms with Gasteiger partial charge in [0.15, 0.2) is 0 Å². The van der Waals surface area contributed by atoms with E-state index in [1.165, 1.54) is 0 Å². The van der Waals surface area contributed by atoms with E-state index < -0.39 is 0 Å². The number of benzene rings is 3. The van der Waals surface area contributed by atoms with Gasteiger partial charge in [0.1, 0.15) is 17.4 Å². The van der Waals surface area contributed by atoms with Gasteiger partial charge in [-0.1, -0.05) is 40.2 Å². The molecule has 5 heteroatoms. The molecule has 0 aliphatic rings. The fraction of sp³-hybridized carbons (Fsp3) is 0.0909. The molecule has 0 aliphatic carbocycles. The normalized spacial score (nSPS) is 10.7. The largest absolute Gasteiger partial charge is 0.497 e. The zero-order chi connectivity index (χ0) is 18.6. The van der Waals surface area contributed by atoms with Crippen molar-refractivity contribution in [3.63, 3.8) is 0 Å². The van der Waals surface area contributed by atoms with Crippen LogP contribution in [0.4, 0.5) is 11.5 Å². The van der Waals surface area contributed by atoms with Gasteiger partial charge in [0.25, 0.3) is 0 Å². The van der Waals surface area contributed by atoms with E-state index in [4.69, 9.17) is 14.7 Å². The summed E-state index contributed by atoms with van der Waals surface area (Å²) in [6.45, 7) is 0. The number of fused-ring (bicyclic) bond motifs is 1. The van der Waals surface area contributed by atoms with Crippen molar-refractivity contribution in [1.29, 1.82) is 0 Å². The van der Waals surface area contributed by atoms with Gasteiger partial charge in [0.05, 0.1) is 12.6 Å². The Labute approximate surface area is 166 Å². The molecular formula is C22H18BrN3O. The maximum atomic E-state index is 5.23. The van der Waals surface area contributed by atoms with Crippen molar-refractivity contribution in [3.8, 4) is 5.75 Å². The van der Waals surface area contributed by atoms with Crippen LogP contribution in [0.15, 0.2) is 77.3 Å². The number of para-hydroxylation sites is 1. The summed E-state index contributed by atoms with van der Waals surface area (Å²) in [7, 11) is 1.67. The molecule has 3 aromatic carbocycles. The lowest BCUT2D eigenvalue weighted by atomic mass is 10.1. The van der Waals surface area contributed by atoms with Crippen molar-refractivity contribution in [2.75, 3.05) is 12.4 Å². The zero-order valence-corrected chi connectivity index (χ0v) is 16.4. The molecule has 1 heterocycles. The van der Waals surface area contributed by atoms with Crippen molar-refractivity contribution < 1.29 is 4.74 Å². The first-order chi connectivity index (χ1) is 13.2. The molecule has 0 unspecified atom stereocenters. The summed E-state index contributed by atoms with van der Waals surface area (Å²) < 4.78 is 6.27. The monoisotopic (exact) mass is 419 g/mol. The number of methoxy groups -OCH3 is 1. The Morgan fingerprint density at radius 2 is 1.63 bits per heavy atom. The number of nitrogens with one attached hydrogen (secondary N) is 1. The maximum absolute atomic E-state index is 5.23. The van der Waals surface area contributed by atoms with Crippen molar-refractivity contribution in [1.82, 2.24) is 9.97 Å². The summed E-state index contributed by atoms with van der Waals surface area (Å²) >= 11 is 3.47. The van der Waals surface area contributed by atoms with Gasteiger partial charge in [0.2, 0.25) is 0 Å². The van der Waals surface area contributed by atoms with Crippen LogP contribution in [0.3, 0.4) is 0 Å². The molecule has 4 aromatic rings. The number of aromatic nitrogens is 2. The molecule has 0 saturated heterocycles. The predicted octanol–water partition coefficient (Wildman–Crippen LogP) is 5.74. The molecule has 0 atom stereocenters. The molecule has 0 fully saturated rings. The number of halogens is 1. The van der Waals surface area contributed by atoms with Gasteiger partial charge in [-0.05, 0) is 54.1 Å². The smallest absolute Gasteiger partial charge is 0.142 e. The standard InChI is InChI=1S/C22H18BrN3O/c1-27-18-12-6-15(7-13-18)14-21-25-20-5-3-2-4-19(20)22(26-21)24-17-10-8-16(23)9-11-17/h2-13H,14H2,1H3,(H,24,25,26). The number of anilines is 2. The van der Waals surface area contributed by atoms with Gasteiger partial charge in [-0.15, -0.1) is 0 Å². The summed E-state index contributed by atoms with van der Waals surface area (Å²) in [5.74, 6) is 2.43. The van der Waals surface area contributed by atoms with E-state index in [1.807, 2.05) is 72.8 Å². The van der Waals surface area contributed by atoms with Crippen LogP contribution in [0.1, 0.15) is 11.4 Å². The Hall–Kier alpha value is -2.92. The van der Waals surface area contributed by atoms with E-state index >= 15 is 0 Å². The number of rotatable bonds is 5. The van der Waals surface area contributed by atoms with Crippen molar-refractivity contribution >= 4 is 38.3 Å². The summed E-state index contributed by atoms with van der Waals surface area (Å²) in [6, 6.07) is 24.1. The quantitative estimate of drug-likeness (QED) is 0.448. The summed E-state index contributed by atoms with van der Waals surface area (Å²) in [6.07, 6.45) is 0.657. The number of nitrogens with zero attached hydrogens (tertiary/aromatic N) is 2. The average Bonchev–Trinajstić information content (AvgIpc) is 2.70. The molecule has 134 valence electrons. The Balaban J connectivity index is 1.69. The third-order valence-corrected chi connectivity index (χ3v) is 4.81. The third-order valence-electron chi connectivity index (χ3n) is 4.28. The Bertz CT molecular complexity index is 1060. The fourth-order valence-corrected chi connectivity index (χ4v) is 3.16. The van der Waals surface area contributed by atoms with Gasteiger partial charge in [-0.2, -0.15) is 0 Å². The number of ether oxygens (including phenoxy) is 1. The Morgan fingerprint density at radius 3 is 2.37 bits per heavy atom. The molecule has 0 radical (unpaired) electrons. The van der Waals surface area contributed by atoms with E-state index in [0.717, 1.165) is 44.0 Å². The molecule has 0 spiro atoms. The first-order valence-corrected chi connectivity index (χ1v) is 9.42. The summed E-state index contributed by atoms with van der Waals surface area (Å²) in [5.41, 5.74) is 3.05. The first-order valence-electron chi connectivity index (χ1n) is 8.62. The SMILES string of the molecule is COc1ccc(Cc2nc(Nc3ccc(Br)cc3)c3ccccc3n2)cc1. The molecule has 4 nitrogen and oxygen atoms in total. The highest BCUT2D eigenvalue weighted by atomic mass is 79.9. The lowest BCUT2D eigenvalue weighted by Gasteiger charge is -2.11. The molecule has 0 amide bonds. The van der Waals surface area contributed by atoms with E-state index in [1.54, 1.807) is 7.11 Å². The van der Waals surface area contributed by atoms with Crippen molar-refractivity contribution in [2.45, 2.75) is 6.42 Å². The molecular weight excluding hydrogens is 402 g/mol. The lowest BCUT2D eigenvalue weighted by molar-refractivity contribution is 0.414. The van der Waals surface area contributed by atoms with Gasteiger partial charge >= 0.3 is 0 Å². The van der Waals surface area contributed by atoms with E-state index in [9.17, 15) is 0 Å². The third kappa shape index (κ3) is 4.09. The van der Waals surface area contributed by atoms with Crippen LogP contribution < -0.4 is 10.1 Å². The minimum absolute atomic E-state index is 0.657. The van der Waals surface area contributed by atoms with Gasteiger partial charge in [-0.25, -0.2) is 9.97 Å². The van der Waals surface area contributed by atoms with Crippen molar-refractivity contribution in [3.05, 3.63) is 88.7 Å². The van der Waals surface area contributed by atoms with Crippen LogP contribution in [0.5, 0.6) is 5.75 Å². The van der Waals surface area contributed by atoms with Crippen LogP contribution in [0.2, 0.25) is 0 Å². The van der Waals surface area contributed by atoms with Crippen LogP contribution in [0.25, 0.3) is 10.9 Å². The minimum Gasteiger partial charge on any atom is -0.497 e. The number of hydrogen-bond donors (Lipinski definition) is 1. The first kappa shape index (κ1) is 17.5. The Kier molecular flexibility index (Phi) is 5.03. The van der Waals surface area contributed by atoms with Gasteiger partial charge in [-0.3, -0.25) is 0 Å². The topological polar surface area (TPSA) is 47.0 Å². The molecule has 27 heavy (non-hydrogen) atoms. The highest BCUT2D eigenvalue weighted by Crippen LogP contribution is 2.25. The molecule has 4 rings (SSSR count). The van der Waals surface area contributed by atoms with Crippen LogP contribution in [0, 0.1) is 0 Å². The van der Waals surface area contributed by atoms with Crippen LogP contribution in [-0.4, -0.2) is 17.1 Å². The highest BCUT2D eigenvalue weighted by molar-refractivity contribution is 9.10. The second-order valence-electron chi connectivity index (χ2n) is 6.16. The average molecular weight is 420 g/mol.